The fourth-order valence-corrected chi connectivity index (χ4v) is 4.14. The van der Waals surface area contributed by atoms with Crippen LogP contribution in [0.1, 0.15) is 12.8 Å². The van der Waals surface area contributed by atoms with Crippen molar-refractivity contribution in [3.63, 3.8) is 0 Å². The van der Waals surface area contributed by atoms with E-state index in [2.05, 4.69) is 44.6 Å². The third-order valence-electron chi connectivity index (χ3n) is 6.34. The summed E-state index contributed by atoms with van der Waals surface area (Å²) in [6, 6.07) is 11.4. The Morgan fingerprint density at radius 2 is 1.86 bits per heavy atom. The molecule has 0 amide bonds. The van der Waals surface area contributed by atoms with Gasteiger partial charge < -0.3 is 30.0 Å². The number of nitrogens with zero attached hydrogens (tertiary/aromatic N) is 3. The van der Waals surface area contributed by atoms with Crippen molar-refractivity contribution in [2.24, 2.45) is 0 Å². The summed E-state index contributed by atoms with van der Waals surface area (Å²) in [7, 11) is 5.72. The van der Waals surface area contributed by atoms with Crippen molar-refractivity contribution >= 4 is 34.0 Å². The molecule has 0 saturated heterocycles. The molecule has 3 N–H and O–H groups in total. The Kier molecular flexibility index (Phi) is 6.62. The Morgan fingerprint density at radius 1 is 1.05 bits per heavy atom. The van der Waals surface area contributed by atoms with Crippen molar-refractivity contribution in [3.8, 4) is 11.5 Å². The second-order valence-electron chi connectivity index (χ2n) is 9.05. The number of pyridine rings is 1. The fourth-order valence-electron chi connectivity index (χ4n) is 4.14. The summed E-state index contributed by atoms with van der Waals surface area (Å²) in [6.45, 7) is 0. The number of hydrogen-bond donors (Lipinski definition) is 3. The van der Waals surface area contributed by atoms with E-state index in [0.29, 0.717) is 34.4 Å². The SMILES string of the molecule is COc1cc(Nc2nccc(Nc3cc4ccc(F)c(F)c4[nH]c3=O)n2)ccc1OC1CC(N(C)C)C1. The van der Waals surface area contributed by atoms with Crippen LogP contribution in [-0.4, -0.2) is 53.2 Å². The number of aromatic nitrogens is 3. The molecule has 1 saturated carbocycles. The lowest BCUT2D eigenvalue weighted by molar-refractivity contribution is 0.0383. The van der Waals surface area contributed by atoms with Crippen LogP contribution < -0.4 is 25.7 Å². The van der Waals surface area contributed by atoms with E-state index in [0.717, 1.165) is 18.9 Å². The molecule has 0 radical (unpaired) electrons. The van der Waals surface area contributed by atoms with E-state index in [1.165, 1.54) is 18.3 Å². The molecule has 2 aromatic heterocycles. The van der Waals surface area contributed by atoms with Gasteiger partial charge in [-0.25, -0.2) is 13.8 Å². The summed E-state index contributed by atoms with van der Waals surface area (Å²) < 4.78 is 39.1. The number of aromatic amines is 1. The van der Waals surface area contributed by atoms with Crippen LogP contribution in [0.25, 0.3) is 10.9 Å². The number of methoxy groups -OCH3 is 1. The van der Waals surface area contributed by atoms with Gasteiger partial charge in [-0.1, -0.05) is 0 Å². The summed E-state index contributed by atoms with van der Waals surface area (Å²) in [6.07, 6.45) is 3.61. The van der Waals surface area contributed by atoms with Gasteiger partial charge in [0.05, 0.1) is 12.6 Å². The lowest BCUT2D eigenvalue weighted by atomic mass is 9.88. The topological polar surface area (TPSA) is 104 Å². The van der Waals surface area contributed by atoms with Crippen LogP contribution in [-0.2, 0) is 0 Å². The maximum atomic E-state index is 14.0. The summed E-state index contributed by atoms with van der Waals surface area (Å²) in [5, 5.41) is 6.35. The number of rotatable bonds is 8. The lowest BCUT2D eigenvalue weighted by Crippen LogP contribution is -2.46. The van der Waals surface area contributed by atoms with Gasteiger partial charge in [0.1, 0.15) is 17.6 Å². The summed E-state index contributed by atoms with van der Waals surface area (Å²) >= 11 is 0. The van der Waals surface area contributed by atoms with Gasteiger partial charge in [-0.2, -0.15) is 4.98 Å². The van der Waals surface area contributed by atoms with E-state index in [4.69, 9.17) is 9.47 Å². The van der Waals surface area contributed by atoms with Gasteiger partial charge >= 0.3 is 0 Å². The van der Waals surface area contributed by atoms with Crippen molar-refractivity contribution in [1.82, 2.24) is 19.9 Å². The van der Waals surface area contributed by atoms with Crippen molar-refractivity contribution in [1.29, 1.82) is 0 Å². The average Bonchev–Trinajstić information content (AvgIpc) is 2.85. The van der Waals surface area contributed by atoms with Gasteiger partial charge in [-0.05, 0) is 63.3 Å². The van der Waals surface area contributed by atoms with Crippen molar-refractivity contribution in [2.45, 2.75) is 25.0 Å². The fraction of sp³-hybridized carbons (Fsp3) is 0.269. The maximum Gasteiger partial charge on any atom is 0.272 e. The zero-order valence-corrected chi connectivity index (χ0v) is 20.5. The smallest absolute Gasteiger partial charge is 0.272 e. The number of H-pyrrole nitrogens is 1. The zero-order chi connectivity index (χ0) is 26.1. The maximum absolute atomic E-state index is 14.0. The Morgan fingerprint density at radius 3 is 2.62 bits per heavy atom. The lowest BCUT2D eigenvalue weighted by Gasteiger charge is -2.39. The van der Waals surface area contributed by atoms with Crippen molar-refractivity contribution < 1.29 is 18.3 Å². The molecule has 0 bridgehead atoms. The van der Waals surface area contributed by atoms with Crippen LogP contribution in [0.4, 0.5) is 31.9 Å². The van der Waals surface area contributed by atoms with Crippen LogP contribution in [0, 0.1) is 11.6 Å². The molecule has 1 aliphatic carbocycles. The van der Waals surface area contributed by atoms with Crippen LogP contribution in [0.3, 0.4) is 0 Å². The quantitative estimate of drug-likeness (QED) is 0.318. The summed E-state index contributed by atoms with van der Waals surface area (Å²) in [5.74, 6) is -0.284. The Hall–Kier alpha value is -4.25. The molecule has 11 heteroatoms. The van der Waals surface area contributed by atoms with E-state index in [-0.39, 0.29) is 23.3 Å². The molecule has 4 aromatic rings. The minimum Gasteiger partial charge on any atom is -0.493 e. The van der Waals surface area contributed by atoms with Crippen molar-refractivity contribution in [3.05, 3.63) is 70.6 Å². The number of hydrogen-bond acceptors (Lipinski definition) is 8. The third kappa shape index (κ3) is 5.17. The molecule has 0 spiro atoms. The molecular formula is C26H26F2N6O3. The van der Waals surface area contributed by atoms with Crippen LogP contribution in [0.5, 0.6) is 11.5 Å². The van der Waals surface area contributed by atoms with Gasteiger partial charge in [0.25, 0.3) is 5.56 Å². The zero-order valence-electron chi connectivity index (χ0n) is 20.5. The number of benzene rings is 2. The number of fused-ring (bicyclic) bond motifs is 1. The molecule has 5 rings (SSSR count). The van der Waals surface area contributed by atoms with Gasteiger partial charge in [0, 0.05) is 29.4 Å². The Labute approximate surface area is 211 Å². The molecule has 2 aromatic carbocycles. The van der Waals surface area contributed by atoms with E-state index in [9.17, 15) is 13.6 Å². The highest BCUT2D eigenvalue weighted by molar-refractivity contribution is 5.83. The van der Waals surface area contributed by atoms with Gasteiger partial charge in [-0.3, -0.25) is 4.79 Å². The summed E-state index contributed by atoms with van der Waals surface area (Å²) in [5.41, 5.74) is -0.00776. The molecule has 9 nitrogen and oxygen atoms in total. The van der Waals surface area contributed by atoms with Crippen molar-refractivity contribution in [2.75, 3.05) is 31.8 Å². The molecule has 37 heavy (non-hydrogen) atoms. The van der Waals surface area contributed by atoms with E-state index < -0.39 is 17.2 Å². The molecule has 0 atom stereocenters. The van der Waals surface area contributed by atoms with Gasteiger partial charge in [0.15, 0.2) is 23.1 Å². The van der Waals surface area contributed by atoms with Gasteiger partial charge in [-0.15, -0.1) is 0 Å². The average molecular weight is 509 g/mol. The molecule has 0 unspecified atom stereocenters. The predicted molar refractivity (Wildman–Crippen MR) is 137 cm³/mol. The highest BCUT2D eigenvalue weighted by atomic mass is 19.2. The standard InChI is InChI=1S/C26H26F2N6O3/c1-34(2)16-12-17(13-16)37-20-7-5-15(11-21(20)36-3)30-26-29-9-8-22(32-26)31-19-10-14-4-6-18(27)23(28)24(14)33-25(19)35/h4-11,16-17H,12-13H2,1-3H3,(H,33,35)(H2,29,30,31,32). The largest absolute Gasteiger partial charge is 0.493 e. The highest BCUT2D eigenvalue weighted by Crippen LogP contribution is 2.36. The predicted octanol–water partition coefficient (Wildman–Crippen LogP) is 4.56. The number of nitrogens with one attached hydrogen (secondary N) is 3. The minimum atomic E-state index is -1.10. The highest BCUT2D eigenvalue weighted by Gasteiger charge is 2.32. The minimum absolute atomic E-state index is 0.124. The van der Waals surface area contributed by atoms with E-state index in [1.807, 2.05) is 12.1 Å². The second kappa shape index (κ2) is 10.0. The number of ether oxygens (including phenoxy) is 2. The molecule has 1 aliphatic rings. The first-order valence-corrected chi connectivity index (χ1v) is 11.7. The summed E-state index contributed by atoms with van der Waals surface area (Å²) in [4.78, 5) is 25.6. The van der Waals surface area contributed by atoms with E-state index >= 15 is 0 Å². The van der Waals surface area contributed by atoms with Crippen LogP contribution in [0.2, 0.25) is 0 Å². The van der Waals surface area contributed by atoms with Gasteiger partial charge in [0.2, 0.25) is 5.95 Å². The first kappa shape index (κ1) is 24.4. The molecule has 1 fully saturated rings. The second-order valence-corrected chi connectivity index (χ2v) is 9.05. The Bertz CT molecular complexity index is 1500. The molecular weight excluding hydrogens is 482 g/mol. The number of halogens is 2. The van der Waals surface area contributed by atoms with Crippen LogP contribution >= 0.6 is 0 Å². The van der Waals surface area contributed by atoms with Crippen LogP contribution in [0.15, 0.2) is 53.5 Å². The first-order valence-electron chi connectivity index (χ1n) is 11.7. The molecule has 192 valence electrons. The number of anilines is 4. The molecule has 2 heterocycles. The molecule has 0 aliphatic heterocycles. The normalized spacial score (nSPS) is 16.9. The Balaban J connectivity index is 1.30. The van der Waals surface area contributed by atoms with E-state index in [1.54, 1.807) is 19.2 Å². The first-order chi connectivity index (χ1) is 17.8. The third-order valence-corrected chi connectivity index (χ3v) is 6.34. The monoisotopic (exact) mass is 508 g/mol.